The van der Waals surface area contributed by atoms with Gasteiger partial charge < -0.3 is 10.1 Å². The first-order valence-electron chi connectivity index (χ1n) is 4.99. The highest BCUT2D eigenvalue weighted by Crippen LogP contribution is 2.37. The maximum Gasteiger partial charge on any atom is 0.412 e. The number of rotatable bonds is 2. The van der Waals surface area contributed by atoms with Crippen LogP contribution in [0.2, 0.25) is 0 Å². The van der Waals surface area contributed by atoms with E-state index in [4.69, 9.17) is 4.74 Å². The van der Waals surface area contributed by atoms with Gasteiger partial charge >= 0.3 is 6.09 Å². The van der Waals surface area contributed by atoms with E-state index in [-0.39, 0.29) is 6.09 Å². The van der Waals surface area contributed by atoms with Gasteiger partial charge in [0.2, 0.25) is 0 Å². The first kappa shape index (κ1) is 10.4. The first-order chi connectivity index (χ1) is 7.31. The lowest BCUT2D eigenvalue weighted by Gasteiger charge is -2.17. The second-order valence-corrected chi connectivity index (χ2v) is 4.42. The Labute approximate surface area is 93.3 Å². The third-order valence-electron chi connectivity index (χ3n) is 2.26. The minimum atomic E-state index is -0.379. The van der Waals surface area contributed by atoms with Crippen molar-refractivity contribution < 1.29 is 9.53 Å². The fourth-order valence-corrected chi connectivity index (χ4v) is 2.56. The van der Waals surface area contributed by atoms with E-state index in [2.05, 4.69) is 5.32 Å². The molecular weight excluding hydrogens is 210 g/mol. The highest BCUT2D eigenvalue weighted by Gasteiger charge is 2.23. The standard InChI is InChI=1S/C11H13NO2S/c1-2-12-11(13)14-9-4-3-5-10-8(9)6-7-15-10/h3-4,6-7,10H,2,5H2,1H3,(H,12,13)/t10-/m0/s1. The zero-order chi connectivity index (χ0) is 10.7. The number of alkyl carbamates (subject to hydrolysis) is 1. The van der Waals surface area contributed by atoms with E-state index >= 15 is 0 Å². The predicted molar refractivity (Wildman–Crippen MR) is 61.5 cm³/mol. The molecule has 1 N–H and O–H groups in total. The molecule has 0 unspecified atom stereocenters. The average molecular weight is 223 g/mol. The van der Waals surface area contributed by atoms with Crippen molar-refractivity contribution in [3.8, 4) is 0 Å². The summed E-state index contributed by atoms with van der Waals surface area (Å²) in [6, 6.07) is 0. The molecule has 3 nitrogen and oxygen atoms in total. The van der Waals surface area contributed by atoms with Crippen molar-refractivity contribution in [2.24, 2.45) is 0 Å². The van der Waals surface area contributed by atoms with E-state index in [0.717, 1.165) is 12.0 Å². The third-order valence-corrected chi connectivity index (χ3v) is 3.33. The van der Waals surface area contributed by atoms with Gasteiger partial charge in [0.15, 0.2) is 0 Å². The van der Waals surface area contributed by atoms with Crippen LogP contribution in [-0.2, 0) is 4.74 Å². The Bertz CT molecular complexity index is 358. The molecule has 0 saturated heterocycles. The van der Waals surface area contributed by atoms with Gasteiger partial charge in [0.1, 0.15) is 5.76 Å². The Hall–Kier alpha value is -1.16. The lowest BCUT2D eigenvalue weighted by atomic mass is 10.0. The molecule has 15 heavy (non-hydrogen) atoms. The lowest BCUT2D eigenvalue weighted by Crippen LogP contribution is -2.24. The molecule has 2 rings (SSSR count). The number of thioether (sulfide) groups is 1. The Morgan fingerprint density at radius 3 is 3.33 bits per heavy atom. The molecule has 4 heteroatoms. The van der Waals surface area contributed by atoms with Crippen molar-refractivity contribution >= 4 is 17.9 Å². The van der Waals surface area contributed by atoms with E-state index < -0.39 is 0 Å². The van der Waals surface area contributed by atoms with Crippen molar-refractivity contribution in [1.82, 2.24) is 5.32 Å². The van der Waals surface area contributed by atoms with Crippen LogP contribution in [0.3, 0.4) is 0 Å². The van der Waals surface area contributed by atoms with Crippen LogP contribution >= 0.6 is 11.8 Å². The highest BCUT2D eigenvalue weighted by atomic mass is 32.2. The molecule has 0 aromatic heterocycles. The predicted octanol–water partition coefficient (Wildman–Crippen LogP) is 2.58. The Morgan fingerprint density at radius 1 is 1.67 bits per heavy atom. The molecular formula is C11H13NO2S. The largest absolute Gasteiger partial charge is 0.412 e. The quantitative estimate of drug-likeness (QED) is 0.782. The number of nitrogens with one attached hydrogen (secondary N) is 1. The van der Waals surface area contributed by atoms with E-state index in [9.17, 15) is 4.79 Å². The molecule has 1 atom stereocenters. The fraction of sp³-hybridized carbons (Fsp3) is 0.364. The molecule has 0 spiro atoms. The van der Waals surface area contributed by atoms with Gasteiger partial charge in [-0.25, -0.2) is 4.79 Å². The van der Waals surface area contributed by atoms with Crippen LogP contribution in [0.4, 0.5) is 4.79 Å². The summed E-state index contributed by atoms with van der Waals surface area (Å²) in [4.78, 5) is 11.3. The number of hydrogen-bond donors (Lipinski definition) is 1. The lowest BCUT2D eigenvalue weighted by molar-refractivity contribution is 0.178. The minimum Gasteiger partial charge on any atom is -0.410 e. The van der Waals surface area contributed by atoms with Crippen LogP contribution in [-0.4, -0.2) is 17.9 Å². The molecule has 0 aromatic rings. The number of hydrogen-bond acceptors (Lipinski definition) is 3. The molecule has 0 saturated carbocycles. The normalized spacial score (nSPS) is 22.9. The number of carbonyl (C=O) groups excluding carboxylic acids is 1. The summed E-state index contributed by atoms with van der Waals surface area (Å²) < 4.78 is 5.22. The fourth-order valence-electron chi connectivity index (χ4n) is 1.58. The molecule has 2 aliphatic rings. The van der Waals surface area contributed by atoms with Crippen molar-refractivity contribution in [2.45, 2.75) is 18.6 Å². The molecule has 0 fully saturated rings. The Kier molecular flexibility index (Phi) is 3.16. The summed E-state index contributed by atoms with van der Waals surface area (Å²) in [5, 5.41) is 5.09. The number of allylic oxidation sites excluding steroid dienone is 3. The molecule has 1 amide bonds. The summed E-state index contributed by atoms with van der Waals surface area (Å²) in [6.45, 7) is 2.45. The van der Waals surface area contributed by atoms with E-state index in [1.807, 2.05) is 30.6 Å². The second kappa shape index (κ2) is 4.57. The molecule has 0 aromatic carbocycles. The highest BCUT2D eigenvalue weighted by molar-refractivity contribution is 8.03. The topological polar surface area (TPSA) is 38.3 Å². The smallest absolute Gasteiger partial charge is 0.410 e. The number of amides is 1. The van der Waals surface area contributed by atoms with Gasteiger partial charge in [-0.15, -0.1) is 11.8 Å². The summed E-state index contributed by atoms with van der Waals surface area (Å²) in [5.74, 6) is 0.679. The van der Waals surface area contributed by atoms with Crippen molar-refractivity contribution in [2.75, 3.05) is 6.54 Å². The zero-order valence-electron chi connectivity index (χ0n) is 8.53. The number of fused-ring (bicyclic) bond motifs is 1. The van der Waals surface area contributed by atoms with Gasteiger partial charge in [-0.1, -0.05) is 6.08 Å². The van der Waals surface area contributed by atoms with E-state index in [1.165, 1.54) is 0 Å². The monoisotopic (exact) mass is 223 g/mol. The van der Waals surface area contributed by atoms with Crippen LogP contribution in [0, 0.1) is 0 Å². The Morgan fingerprint density at radius 2 is 2.53 bits per heavy atom. The summed E-state index contributed by atoms with van der Waals surface area (Å²) in [6.07, 6.45) is 6.57. The van der Waals surface area contributed by atoms with Gasteiger partial charge in [0.05, 0.1) is 0 Å². The molecule has 1 heterocycles. The molecule has 0 bridgehead atoms. The van der Waals surface area contributed by atoms with Crippen molar-refractivity contribution in [3.05, 3.63) is 35.0 Å². The molecule has 0 radical (unpaired) electrons. The zero-order valence-corrected chi connectivity index (χ0v) is 9.34. The first-order valence-corrected chi connectivity index (χ1v) is 5.94. The SMILES string of the molecule is CCNC(=O)OC1=C2C=CS[C@H]2CC=C1. The van der Waals surface area contributed by atoms with Crippen LogP contribution in [0.1, 0.15) is 13.3 Å². The summed E-state index contributed by atoms with van der Waals surface area (Å²) in [5.41, 5.74) is 1.12. The van der Waals surface area contributed by atoms with Crippen molar-refractivity contribution in [3.63, 3.8) is 0 Å². The summed E-state index contributed by atoms with van der Waals surface area (Å²) >= 11 is 1.77. The van der Waals surface area contributed by atoms with E-state index in [0.29, 0.717) is 17.6 Å². The maximum absolute atomic E-state index is 11.3. The van der Waals surface area contributed by atoms with Gasteiger partial charge in [-0.3, -0.25) is 0 Å². The molecule has 1 aliphatic heterocycles. The molecule has 80 valence electrons. The number of carbonyl (C=O) groups is 1. The average Bonchev–Trinajstić information content (AvgIpc) is 2.67. The van der Waals surface area contributed by atoms with E-state index in [1.54, 1.807) is 11.8 Å². The minimum absolute atomic E-state index is 0.379. The van der Waals surface area contributed by atoms with Gasteiger partial charge in [-0.05, 0) is 30.9 Å². The number of ether oxygens (including phenoxy) is 1. The van der Waals surface area contributed by atoms with Gasteiger partial charge in [-0.2, -0.15) is 0 Å². The van der Waals surface area contributed by atoms with Crippen LogP contribution in [0.5, 0.6) is 0 Å². The maximum atomic E-state index is 11.3. The van der Waals surface area contributed by atoms with Crippen LogP contribution < -0.4 is 5.32 Å². The van der Waals surface area contributed by atoms with Crippen molar-refractivity contribution in [1.29, 1.82) is 0 Å². The van der Waals surface area contributed by atoms with Crippen LogP contribution in [0.25, 0.3) is 0 Å². The van der Waals surface area contributed by atoms with Crippen LogP contribution in [0.15, 0.2) is 35.0 Å². The molecule has 1 aliphatic carbocycles. The summed E-state index contributed by atoms with van der Waals surface area (Å²) in [7, 11) is 0. The second-order valence-electron chi connectivity index (χ2n) is 3.30. The van der Waals surface area contributed by atoms with Gasteiger partial charge in [0.25, 0.3) is 0 Å². The van der Waals surface area contributed by atoms with Gasteiger partial charge in [0, 0.05) is 17.4 Å². The Balaban J connectivity index is 2.10. The third kappa shape index (κ3) is 2.26.